The summed E-state index contributed by atoms with van der Waals surface area (Å²) in [5.74, 6) is -0.730. The highest BCUT2D eigenvalue weighted by Crippen LogP contribution is 2.30. The number of aryl methyl sites for hydroxylation is 1. The number of carboxylic acid groups (broad SMARTS) is 1. The number of hydrazine groups is 1. The predicted octanol–water partition coefficient (Wildman–Crippen LogP) is 1.35. The van der Waals surface area contributed by atoms with E-state index < -0.39 is 23.7 Å². The topological polar surface area (TPSA) is 132 Å². The molecule has 2 atom stereocenters. The van der Waals surface area contributed by atoms with E-state index in [1.807, 2.05) is 4.90 Å². The molecule has 1 aromatic rings. The van der Waals surface area contributed by atoms with Crippen LogP contribution in [0.5, 0.6) is 0 Å². The normalized spacial score (nSPS) is 22.2. The molecule has 2 saturated heterocycles. The van der Waals surface area contributed by atoms with Gasteiger partial charge in [-0.25, -0.2) is 14.8 Å². The lowest BCUT2D eigenvalue weighted by Crippen LogP contribution is -2.58. The van der Waals surface area contributed by atoms with Gasteiger partial charge in [-0.05, 0) is 19.3 Å². The first-order valence-electron chi connectivity index (χ1n) is 12.0. The largest absolute Gasteiger partial charge is 0.465 e. The first-order chi connectivity index (χ1) is 16.4. The van der Waals surface area contributed by atoms with Crippen molar-refractivity contribution in [3.05, 3.63) is 11.6 Å². The Morgan fingerprint density at radius 3 is 2.79 bits per heavy atom. The van der Waals surface area contributed by atoms with Gasteiger partial charge < -0.3 is 20.1 Å². The number of fused-ring (bicyclic) bond motifs is 1. The number of carbonyl (C=O) groups is 2. The number of halogens is 1. The zero-order valence-corrected chi connectivity index (χ0v) is 19.6. The van der Waals surface area contributed by atoms with Crippen molar-refractivity contribution in [2.75, 3.05) is 56.3 Å². The van der Waals surface area contributed by atoms with E-state index in [4.69, 9.17) is 9.84 Å². The maximum atomic E-state index is 15.4. The van der Waals surface area contributed by atoms with Crippen molar-refractivity contribution >= 4 is 23.6 Å². The lowest BCUT2D eigenvalue weighted by atomic mass is 9.92. The van der Waals surface area contributed by atoms with Crippen LogP contribution in [0.4, 0.5) is 20.8 Å². The number of hydrogen-bond acceptors (Lipinski definition) is 8. The molecular formula is C22H34FN7O4. The summed E-state index contributed by atoms with van der Waals surface area (Å²) in [5, 5.41) is 11.3. The third-order valence-electron chi connectivity index (χ3n) is 6.95. The van der Waals surface area contributed by atoms with Gasteiger partial charge in [-0.1, -0.05) is 25.7 Å². The highest BCUT2D eigenvalue weighted by Gasteiger charge is 2.32. The number of nitrogens with one attached hydrogen (secondary N) is 3. The van der Waals surface area contributed by atoms with Gasteiger partial charge in [0.05, 0.1) is 25.2 Å². The van der Waals surface area contributed by atoms with Crippen LogP contribution in [0.15, 0.2) is 0 Å². The molecule has 4 rings (SSSR count). The summed E-state index contributed by atoms with van der Waals surface area (Å²) in [5.41, 5.74) is 5.16. The lowest BCUT2D eigenvalue weighted by Gasteiger charge is -2.44. The number of morpholine rings is 1. The van der Waals surface area contributed by atoms with Crippen LogP contribution in [0.1, 0.15) is 37.9 Å². The van der Waals surface area contributed by atoms with E-state index in [9.17, 15) is 9.59 Å². The Bertz CT molecular complexity index is 883. The summed E-state index contributed by atoms with van der Waals surface area (Å²) in [6.45, 7) is 5.92. The number of anilines is 2. The average Bonchev–Trinajstić information content (AvgIpc) is 3.34. The van der Waals surface area contributed by atoms with Crippen LogP contribution in [-0.4, -0.2) is 84.0 Å². The number of hydrogen-bond donors (Lipinski definition) is 4. The van der Waals surface area contributed by atoms with Gasteiger partial charge in [-0.15, -0.1) is 0 Å². The van der Waals surface area contributed by atoms with Crippen LogP contribution in [0.3, 0.4) is 0 Å². The molecule has 11 nitrogen and oxygen atoms in total. The number of ether oxygens (including phenoxy) is 1. The maximum absolute atomic E-state index is 15.4. The molecule has 1 saturated carbocycles. The Morgan fingerprint density at radius 1 is 1.24 bits per heavy atom. The highest BCUT2D eigenvalue weighted by atomic mass is 19.1. The van der Waals surface area contributed by atoms with Crippen molar-refractivity contribution in [1.29, 1.82) is 0 Å². The summed E-state index contributed by atoms with van der Waals surface area (Å²) < 4.78 is 21.0. The predicted molar refractivity (Wildman–Crippen MR) is 123 cm³/mol. The number of amides is 2. The van der Waals surface area contributed by atoms with Crippen LogP contribution in [0, 0.1) is 24.6 Å². The Morgan fingerprint density at radius 2 is 2.03 bits per heavy atom. The van der Waals surface area contributed by atoms with Gasteiger partial charge in [0.15, 0.2) is 11.6 Å². The van der Waals surface area contributed by atoms with Gasteiger partial charge in [-0.2, -0.15) is 4.39 Å². The van der Waals surface area contributed by atoms with Crippen molar-refractivity contribution in [1.82, 2.24) is 25.6 Å². The zero-order valence-electron chi connectivity index (χ0n) is 19.6. The first kappa shape index (κ1) is 24.4. The molecule has 3 fully saturated rings. The van der Waals surface area contributed by atoms with Crippen LogP contribution < -0.4 is 21.1 Å². The minimum absolute atomic E-state index is 0.00359. The number of aromatic nitrogens is 2. The van der Waals surface area contributed by atoms with E-state index in [0.717, 1.165) is 45.4 Å². The van der Waals surface area contributed by atoms with E-state index >= 15 is 4.39 Å². The van der Waals surface area contributed by atoms with Crippen LogP contribution in [-0.2, 0) is 9.53 Å². The quantitative estimate of drug-likeness (QED) is 0.408. The summed E-state index contributed by atoms with van der Waals surface area (Å²) >= 11 is 0. The molecular weight excluding hydrogens is 445 g/mol. The van der Waals surface area contributed by atoms with Crippen molar-refractivity contribution < 1.29 is 23.8 Å². The second kappa shape index (κ2) is 11.1. The summed E-state index contributed by atoms with van der Waals surface area (Å²) in [4.78, 5) is 36.5. The van der Waals surface area contributed by atoms with Gasteiger partial charge in [0.1, 0.15) is 5.82 Å². The molecule has 3 heterocycles. The Hall–Kier alpha value is -2.73. The number of rotatable bonds is 8. The van der Waals surface area contributed by atoms with Crippen molar-refractivity contribution in [3.63, 3.8) is 0 Å². The standard InChI is InChI=1S/C22H34FN7O4/c1-14-25-19(18(23)20(26-14)30-7-6-29-8-9-34-13-17(29)12-30)27-28-21(31)16(11-24-22(32)33)10-15-4-2-3-5-15/h15-17,24H,2-13H2,1H3,(H,28,31)(H,32,33)(H,25,26,27)/t16-,17+/m1/s1. The van der Waals surface area contributed by atoms with E-state index in [2.05, 4.69) is 31.0 Å². The molecule has 12 heteroatoms. The molecule has 34 heavy (non-hydrogen) atoms. The van der Waals surface area contributed by atoms with Crippen LogP contribution in [0.2, 0.25) is 0 Å². The third-order valence-corrected chi connectivity index (χ3v) is 6.95. The Balaban J connectivity index is 1.41. The van der Waals surface area contributed by atoms with Crippen molar-refractivity contribution in [2.45, 2.75) is 45.1 Å². The molecule has 1 aromatic heterocycles. The SMILES string of the molecule is Cc1nc(NNC(=O)[C@@H](CNC(=O)O)CC2CCCC2)c(F)c(N2CCN3CCOC[C@@H]3C2)n1. The molecule has 0 spiro atoms. The van der Waals surface area contributed by atoms with Gasteiger partial charge in [-0.3, -0.25) is 20.5 Å². The molecule has 2 aliphatic heterocycles. The fourth-order valence-electron chi connectivity index (χ4n) is 5.14. The minimum Gasteiger partial charge on any atom is -0.465 e. The van der Waals surface area contributed by atoms with Gasteiger partial charge >= 0.3 is 6.09 Å². The van der Waals surface area contributed by atoms with Gasteiger partial charge in [0.25, 0.3) is 0 Å². The van der Waals surface area contributed by atoms with Crippen LogP contribution >= 0.6 is 0 Å². The van der Waals surface area contributed by atoms with E-state index in [1.165, 1.54) is 0 Å². The monoisotopic (exact) mass is 479 g/mol. The minimum atomic E-state index is -1.18. The van der Waals surface area contributed by atoms with Gasteiger partial charge in [0, 0.05) is 32.7 Å². The highest BCUT2D eigenvalue weighted by molar-refractivity contribution is 5.80. The molecule has 188 valence electrons. The molecule has 3 aliphatic rings. The molecule has 0 radical (unpaired) electrons. The molecule has 0 aromatic carbocycles. The number of carbonyl (C=O) groups excluding carboxylic acids is 1. The fourth-order valence-corrected chi connectivity index (χ4v) is 5.14. The molecule has 0 bridgehead atoms. The average molecular weight is 480 g/mol. The number of piperazine rings is 1. The Labute approximate surface area is 198 Å². The summed E-state index contributed by atoms with van der Waals surface area (Å²) in [6.07, 6.45) is 3.72. The fraction of sp³-hybridized carbons (Fsp3) is 0.727. The van der Waals surface area contributed by atoms with E-state index in [-0.39, 0.29) is 24.2 Å². The lowest BCUT2D eigenvalue weighted by molar-refractivity contribution is -0.124. The second-order valence-electron chi connectivity index (χ2n) is 9.35. The van der Waals surface area contributed by atoms with Crippen molar-refractivity contribution in [3.8, 4) is 0 Å². The smallest absolute Gasteiger partial charge is 0.404 e. The van der Waals surface area contributed by atoms with Crippen molar-refractivity contribution in [2.24, 2.45) is 11.8 Å². The van der Waals surface area contributed by atoms with Crippen LogP contribution in [0.25, 0.3) is 0 Å². The molecule has 1 aliphatic carbocycles. The number of nitrogens with zero attached hydrogens (tertiary/aromatic N) is 4. The Kier molecular flexibility index (Phi) is 7.99. The summed E-state index contributed by atoms with van der Waals surface area (Å²) in [7, 11) is 0. The third kappa shape index (κ3) is 6.03. The zero-order chi connectivity index (χ0) is 24.1. The molecule has 0 unspecified atom stereocenters. The summed E-state index contributed by atoms with van der Waals surface area (Å²) in [6, 6.07) is 0.186. The molecule has 4 N–H and O–H groups in total. The first-order valence-corrected chi connectivity index (χ1v) is 12.0. The maximum Gasteiger partial charge on any atom is 0.404 e. The van der Waals surface area contributed by atoms with E-state index in [1.54, 1.807) is 6.92 Å². The second-order valence-corrected chi connectivity index (χ2v) is 9.35. The van der Waals surface area contributed by atoms with Gasteiger partial charge in [0.2, 0.25) is 11.7 Å². The van der Waals surface area contributed by atoms with E-state index in [0.29, 0.717) is 37.9 Å². The molecule has 2 amide bonds.